The second-order valence-electron chi connectivity index (χ2n) is 5.55. The van der Waals surface area contributed by atoms with Crippen molar-refractivity contribution in [2.75, 3.05) is 0 Å². The van der Waals surface area contributed by atoms with Crippen LogP contribution >= 0.6 is 11.8 Å². The SMILES string of the molecule is Cc1nn(C(=O)c2ccc(F)cc2)c(C)c1Sc1ccccc1[N+](=O)[O-]. The number of aromatic nitrogens is 2. The van der Waals surface area contributed by atoms with Gasteiger partial charge in [-0.15, -0.1) is 0 Å². The van der Waals surface area contributed by atoms with Crippen molar-refractivity contribution in [2.24, 2.45) is 0 Å². The van der Waals surface area contributed by atoms with Gasteiger partial charge in [-0.25, -0.2) is 4.39 Å². The van der Waals surface area contributed by atoms with Crippen LogP contribution in [0.15, 0.2) is 58.3 Å². The van der Waals surface area contributed by atoms with Gasteiger partial charge in [0, 0.05) is 11.6 Å². The van der Waals surface area contributed by atoms with E-state index in [0.29, 0.717) is 26.7 Å². The predicted molar refractivity (Wildman–Crippen MR) is 95.0 cm³/mol. The van der Waals surface area contributed by atoms with Crippen LogP contribution in [0.4, 0.5) is 10.1 Å². The standard InChI is InChI=1S/C18H14FN3O3S/c1-11-17(26-16-6-4-3-5-15(16)22(24)25)12(2)21(20-11)18(23)13-7-9-14(19)10-8-13/h3-10H,1-2H3. The summed E-state index contributed by atoms with van der Waals surface area (Å²) in [6, 6.07) is 11.6. The number of rotatable bonds is 4. The number of nitro benzene ring substituents is 1. The molecule has 0 spiro atoms. The van der Waals surface area contributed by atoms with E-state index in [1.807, 2.05) is 0 Å². The third kappa shape index (κ3) is 3.36. The van der Waals surface area contributed by atoms with E-state index in [0.717, 1.165) is 0 Å². The van der Waals surface area contributed by atoms with Gasteiger partial charge in [0.25, 0.3) is 11.6 Å². The van der Waals surface area contributed by atoms with Crippen molar-refractivity contribution in [1.29, 1.82) is 0 Å². The van der Waals surface area contributed by atoms with Gasteiger partial charge in [-0.2, -0.15) is 9.78 Å². The summed E-state index contributed by atoms with van der Waals surface area (Å²) in [5.74, 6) is -0.817. The average molecular weight is 371 g/mol. The average Bonchev–Trinajstić information content (AvgIpc) is 2.90. The summed E-state index contributed by atoms with van der Waals surface area (Å²) >= 11 is 1.19. The van der Waals surface area contributed by atoms with Gasteiger partial charge < -0.3 is 0 Å². The minimum absolute atomic E-state index is 0.00564. The fourth-order valence-corrected chi connectivity index (χ4v) is 3.53. The largest absolute Gasteiger partial charge is 0.283 e. The van der Waals surface area contributed by atoms with Gasteiger partial charge in [-0.05, 0) is 44.2 Å². The highest BCUT2D eigenvalue weighted by Gasteiger charge is 2.21. The molecule has 0 unspecified atom stereocenters. The first-order valence-corrected chi connectivity index (χ1v) is 8.48. The number of aryl methyl sites for hydroxylation is 1. The van der Waals surface area contributed by atoms with E-state index in [-0.39, 0.29) is 11.6 Å². The Balaban J connectivity index is 1.98. The number of nitrogens with zero attached hydrogens (tertiary/aromatic N) is 3. The highest BCUT2D eigenvalue weighted by molar-refractivity contribution is 7.99. The molecule has 0 radical (unpaired) electrons. The predicted octanol–water partition coefficient (Wildman–Crippen LogP) is 4.39. The van der Waals surface area contributed by atoms with Gasteiger partial charge in [0.2, 0.25) is 0 Å². The molecule has 0 aliphatic carbocycles. The Hall–Kier alpha value is -3.00. The summed E-state index contributed by atoms with van der Waals surface area (Å²) in [5, 5.41) is 15.5. The van der Waals surface area contributed by atoms with Crippen molar-refractivity contribution < 1.29 is 14.1 Å². The Labute approximate surface area is 152 Å². The molecule has 0 aliphatic rings. The van der Waals surface area contributed by atoms with Gasteiger partial charge in [-0.3, -0.25) is 14.9 Å². The van der Waals surface area contributed by atoms with Gasteiger partial charge in [0.1, 0.15) is 5.82 Å². The maximum absolute atomic E-state index is 13.1. The van der Waals surface area contributed by atoms with E-state index >= 15 is 0 Å². The molecule has 0 atom stereocenters. The molecular weight excluding hydrogens is 357 g/mol. The Morgan fingerprint density at radius 2 is 1.81 bits per heavy atom. The van der Waals surface area contributed by atoms with Crippen molar-refractivity contribution in [3.05, 3.63) is 81.4 Å². The van der Waals surface area contributed by atoms with Crippen LogP contribution < -0.4 is 0 Å². The minimum Gasteiger partial charge on any atom is -0.267 e. The number of carbonyl (C=O) groups is 1. The molecule has 0 fully saturated rings. The number of nitro groups is 1. The molecule has 2 aromatic carbocycles. The van der Waals surface area contributed by atoms with E-state index in [4.69, 9.17) is 0 Å². The van der Waals surface area contributed by atoms with E-state index in [1.165, 1.54) is 46.8 Å². The van der Waals surface area contributed by atoms with Crippen LogP contribution in [0.25, 0.3) is 0 Å². The van der Waals surface area contributed by atoms with Crippen molar-refractivity contribution >= 4 is 23.4 Å². The lowest BCUT2D eigenvalue weighted by atomic mass is 10.2. The Morgan fingerprint density at radius 1 is 1.15 bits per heavy atom. The lowest BCUT2D eigenvalue weighted by molar-refractivity contribution is -0.387. The quantitative estimate of drug-likeness (QED) is 0.502. The minimum atomic E-state index is -0.443. The number of halogens is 1. The number of hydrogen-bond donors (Lipinski definition) is 0. The first-order chi connectivity index (χ1) is 12.4. The van der Waals surface area contributed by atoms with Gasteiger partial charge in [-0.1, -0.05) is 23.9 Å². The van der Waals surface area contributed by atoms with Gasteiger partial charge in [0.15, 0.2) is 0 Å². The highest BCUT2D eigenvalue weighted by Crippen LogP contribution is 2.37. The fraction of sp³-hybridized carbons (Fsp3) is 0.111. The van der Waals surface area contributed by atoms with Crippen LogP contribution in [0, 0.1) is 29.8 Å². The molecule has 0 aliphatic heterocycles. The van der Waals surface area contributed by atoms with Gasteiger partial charge in [0.05, 0.1) is 26.1 Å². The summed E-state index contributed by atoms with van der Waals surface area (Å²) in [4.78, 5) is 24.5. The number of carbonyl (C=O) groups excluding carboxylic acids is 1. The summed E-state index contributed by atoms with van der Waals surface area (Å²) < 4.78 is 14.3. The lowest BCUT2D eigenvalue weighted by Gasteiger charge is -2.05. The first kappa shape index (κ1) is 17.8. The number of benzene rings is 2. The molecule has 0 saturated carbocycles. The molecule has 3 rings (SSSR count). The molecule has 6 nitrogen and oxygen atoms in total. The first-order valence-electron chi connectivity index (χ1n) is 7.66. The number of hydrogen-bond acceptors (Lipinski definition) is 5. The molecular formula is C18H14FN3O3S. The molecule has 1 aromatic heterocycles. The molecule has 132 valence electrons. The monoisotopic (exact) mass is 371 g/mol. The van der Waals surface area contributed by atoms with E-state index < -0.39 is 10.7 Å². The molecule has 0 amide bonds. The lowest BCUT2D eigenvalue weighted by Crippen LogP contribution is -2.15. The Bertz CT molecular complexity index is 999. The second-order valence-corrected chi connectivity index (χ2v) is 6.60. The summed E-state index contributed by atoms with van der Waals surface area (Å²) in [7, 11) is 0. The van der Waals surface area contributed by atoms with Crippen LogP contribution in [0.3, 0.4) is 0 Å². The van der Waals surface area contributed by atoms with Crippen molar-refractivity contribution in [1.82, 2.24) is 9.78 Å². The third-order valence-electron chi connectivity index (χ3n) is 3.78. The van der Waals surface area contributed by atoms with Crippen LogP contribution in [0.2, 0.25) is 0 Å². The maximum atomic E-state index is 13.1. The zero-order chi connectivity index (χ0) is 18.8. The maximum Gasteiger partial charge on any atom is 0.283 e. The molecule has 1 heterocycles. The Morgan fingerprint density at radius 3 is 2.46 bits per heavy atom. The summed E-state index contributed by atoms with van der Waals surface area (Å²) in [5.41, 5.74) is 1.45. The van der Waals surface area contributed by atoms with Gasteiger partial charge >= 0.3 is 0 Å². The summed E-state index contributed by atoms with van der Waals surface area (Å²) in [6.07, 6.45) is 0. The van der Waals surface area contributed by atoms with E-state index in [9.17, 15) is 19.3 Å². The molecule has 26 heavy (non-hydrogen) atoms. The molecule has 0 bridgehead atoms. The zero-order valence-electron chi connectivity index (χ0n) is 14.0. The van der Waals surface area contributed by atoms with Crippen LogP contribution in [-0.4, -0.2) is 20.6 Å². The normalized spacial score (nSPS) is 10.7. The molecule has 3 aromatic rings. The van der Waals surface area contributed by atoms with Crippen molar-refractivity contribution in [3.8, 4) is 0 Å². The second kappa shape index (κ2) is 7.09. The van der Waals surface area contributed by atoms with Crippen molar-refractivity contribution in [3.63, 3.8) is 0 Å². The van der Waals surface area contributed by atoms with Crippen LogP contribution in [0.5, 0.6) is 0 Å². The fourth-order valence-electron chi connectivity index (χ4n) is 2.49. The van der Waals surface area contributed by atoms with Crippen LogP contribution in [0.1, 0.15) is 21.7 Å². The molecule has 8 heteroatoms. The van der Waals surface area contributed by atoms with E-state index in [2.05, 4.69) is 5.10 Å². The molecule has 0 N–H and O–H groups in total. The summed E-state index contributed by atoms with van der Waals surface area (Å²) in [6.45, 7) is 3.46. The third-order valence-corrected chi connectivity index (χ3v) is 5.14. The smallest absolute Gasteiger partial charge is 0.267 e. The van der Waals surface area contributed by atoms with Crippen molar-refractivity contribution in [2.45, 2.75) is 23.6 Å². The van der Waals surface area contributed by atoms with E-state index in [1.54, 1.807) is 32.0 Å². The van der Waals surface area contributed by atoms with Crippen LogP contribution in [-0.2, 0) is 0 Å². The Kier molecular flexibility index (Phi) is 4.85. The highest BCUT2D eigenvalue weighted by atomic mass is 32.2. The molecule has 0 saturated heterocycles. The number of para-hydroxylation sites is 1. The zero-order valence-corrected chi connectivity index (χ0v) is 14.8. The topological polar surface area (TPSA) is 78.0 Å².